The molecule has 0 aliphatic carbocycles. The van der Waals surface area contributed by atoms with Crippen LogP contribution in [0.15, 0.2) is 47.3 Å². The number of hydrogen-bond donors (Lipinski definition) is 1. The first kappa shape index (κ1) is 17.2. The fourth-order valence-corrected chi connectivity index (χ4v) is 2.95. The quantitative estimate of drug-likeness (QED) is 0.781. The largest absolute Gasteiger partial charge is 0.348 e. The maximum Gasteiger partial charge on any atom is 0.272 e. The van der Waals surface area contributed by atoms with Gasteiger partial charge in [0.25, 0.3) is 11.5 Å². The van der Waals surface area contributed by atoms with Gasteiger partial charge in [-0.25, -0.2) is 4.98 Å². The molecular formula is C19H18ClN3O2. The van der Waals surface area contributed by atoms with E-state index in [9.17, 15) is 9.59 Å². The third kappa shape index (κ3) is 3.42. The van der Waals surface area contributed by atoms with E-state index < -0.39 is 0 Å². The van der Waals surface area contributed by atoms with Crippen LogP contribution in [0.3, 0.4) is 0 Å². The summed E-state index contributed by atoms with van der Waals surface area (Å²) in [6, 6.07) is 12.5. The van der Waals surface area contributed by atoms with Gasteiger partial charge in [-0.05, 0) is 43.7 Å². The number of benzene rings is 2. The molecule has 1 heterocycles. The van der Waals surface area contributed by atoms with Crippen molar-refractivity contribution in [2.24, 2.45) is 0 Å². The molecule has 0 aliphatic heterocycles. The molecule has 1 N–H and O–H groups in total. The van der Waals surface area contributed by atoms with Crippen LogP contribution >= 0.6 is 11.6 Å². The summed E-state index contributed by atoms with van der Waals surface area (Å²) in [5.74, 6) is -0.212. The molecule has 0 saturated heterocycles. The summed E-state index contributed by atoms with van der Waals surface area (Å²) in [5.41, 5.74) is 3.01. The van der Waals surface area contributed by atoms with E-state index in [1.807, 2.05) is 25.1 Å². The van der Waals surface area contributed by atoms with E-state index in [4.69, 9.17) is 11.6 Å². The van der Waals surface area contributed by atoms with Crippen LogP contribution in [0.5, 0.6) is 0 Å². The second kappa shape index (κ2) is 7.07. The highest BCUT2D eigenvalue weighted by Gasteiger charge is 2.11. The van der Waals surface area contributed by atoms with Gasteiger partial charge in [0.15, 0.2) is 0 Å². The minimum atomic E-state index is -0.212. The Morgan fingerprint density at radius 2 is 2.00 bits per heavy atom. The topological polar surface area (TPSA) is 64.0 Å². The summed E-state index contributed by atoms with van der Waals surface area (Å²) in [7, 11) is 0. The molecule has 0 spiro atoms. The van der Waals surface area contributed by atoms with E-state index in [0.717, 1.165) is 11.1 Å². The first-order chi connectivity index (χ1) is 12.0. The van der Waals surface area contributed by atoms with Crippen LogP contribution in [-0.2, 0) is 13.1 Å². The monoisotopic (exact) mass is 355 g/mol. The molecule has 0 atom stereocenters. The molecule has 25 heavy (non-hydrogen) atoms. The molecule has 0 fully saturated rings. The maximum absolute atomic E-state index is 12.4. The molecule has 2 aromatic carbocycles. The van der Waals surface area contributed by atoms with Crippen molar-refractivity contribution in [3.05, 3.63) is 74.7 Å². The van der Waals surface area contributed by atoms with Crippen LogP contribution in [-0.4, -0.2) is 15.5 Å². The Bertz CT molecular complexity index is 1010. The van der Waals surface area contributed by atoms with Crippen molar-refractivity contribution in [3.8, 4) is 0 Å². The highest BCUT2D eigenvalue weighted by atomic mass is 35.5. The van der Waals surface area contributed by atoms with Gasteiger partial charge in [0.2, 0.25) is 0 Å². The molecule has 0 aliphatic rings. The number of halogens is 1. The molecule has 0 saturated carbocycles. The Hall–Kier alpha value is -2.66. The lowest BCUT2D eigenvalue weighted by atomic mass is 10.1. The van der Waals surface area contributed by atoms with E-state index >= 15 is 0 Å². The van der Waals surface area contributed by atoms with Gasteiger partial charge in [0, 0.05) is 23.7 Å². The lowest BCUT2D eigenvalue weighted by molar-refractivity contribution is 0.0951. The molecule has 0 bridgehead atoms. The highest BCUT2D eigenvalue weighted by molar-refractivity contribution is 6.31. The number of nitrogens with zero attached hydrogens (tertiary/aromatic N) is 2. The molecule has 1 amide bonds. The van der Waals surface area contributed by atoms with Gasteiger partial charge in [-0.15, -0.1) is 0 Å². The average molecular weight is 356 g/mol. The number of aromatic nitrogens is 2. The molecule has 1 aromatic heterocycles. The number of amides is 1. The molecule has 3 rings (SSSR count). The number of aryl methyl sites for hydroxylation is 2. The van der Waals surface area contributed by atoms with Crippen molar-refractivity contribution in [1.29, 1.82) is 0 Å². The second-order valence-corrected chi connectivity index (χ2v) is 6.13. The van der Waals surface area contributed by atoms with Gasteiger partial charge in [-0.2, -0.15) is 0 Å². The number of rotatable bonds is 4. The minimum Gasteiger partial charge on any atom is -0.348 e. The van der Waals surface area contributed by atoms with E-state index in [1.165, 1.54) is 0 Å². The van der Waals surface area contributed by atoms with Gasteiger partial charge >= 0.3 is 0 Å². The van der Waals surface area contributed by atoms with Gasteiger partial charge < -0.3 is 9.88 Å². The normalized spacial score (nSPS) is 10.8. The van der Waals surface area contributed by atoms with E-state index in [0.29, 0.717) is 34.9 Å². The second-order valence-electron chi connectivity index (χ2n) is 5.72. The van der Waals surface area contributed by atoms with Crippen molar-refractivity contribution in [2.45, 2.75) is 26.9 Å². The van der Waals surface area contributed by atoms with Crippen molar-refractivity contribution >= 4 is 28.5 Å². The summed E-state index contributed by atoms with van der Waals surface area (Å²) >= 11 is 6.10. The van der Waals surface area contributed by atoms with E-state index in [2.05, 4.69) is 10.3 Å². The number of hydrogen-bond acceptors (Lipinski definition) is 3. The predicted molar refractivity (Wildman–Crippen MR) is 99.0 cm³/mol. The Morgan fingerprint density at radius 3 is 2.72 bits per heavy atom. The van der Waals surface area contributed by atoms with Crippen molar-refractivity contribution in [1.82, 2.24) is 14.9 Å². The van der Waals surface area contributed by atoms with Gasteiger partial charge in [0.1, 0.15) is 5.69 Å². The smallest absolute Gasteiger partial charge is 0.272 e. The number of carbonyl (C=O) groups is 1. The minimum absolute atomic E-state index is 0.106. The Kier molecular flexibility index (Phi) is 4.86. The number of fused-ring (bicyclic) bond motifs is 1. The molecule has 0 radical (unpaired) electrons. The molecule has 128 valence electrons. The maximum atomic E-state index is 12.4. The van der Waals surface area contributed by atoms with Crippen molar-refractivity contribution in [3.63, 3.8) is 0 Å². The van der Waals surface area contributed by atoms with Crippen molar-refractivity contribution in [2.75, 3.05) is 0 Å². The molecule has 6 heteroatoms. The molecule has 5 nitrogen and oxygen atoms in total. The molecule has 3 aromatic rings. The first-order valence-corrected chi connectivity index (χ1v) is 8.42. The van der Waals surface area contributed by atoms with Crippen LogP contribution < -0.4 is 10.9 Å². The van der Waals surface area contributed by atoms with E-state index in [1.54, 1.807) is 35.8 Å². The molecular weight excluding hydrogens is 338 g/mol. The summed E-state index contributed by atoms with van der Waals surface area (Å²) in [6.45, 7) is 4.48. The number of carbonyl (C=O) groups excluding carboxylic acids is 1. The fraction of sp³-hybridized carbons (Fsp3) is 0.211. The lowest BCUT2D eigenvalue weighted by Gasteiger charge is -2.11. The predicted octanol–water partition coefficient (Wildman–Crippen LogP) is 3.31. The zero-order valence-electron chi connectivity index (χ0n) is 14.0. The standard InChI is InChI=1S/C19H18ClN3O2/c1-3-23-17-9-8-13(10-16(17)22-12(2)19(23)25)18(24)21-11-14-6-4-5-7-15(14)20/h4-10H,3,11H2,1-2H3,(H,21,24). The van der Waals surface area contributed by atoms with Gasteiger partial charge in [-0.1, -0.05) is 29.8 Å². The van der Waals surface area contributed by atoms with Crippen LogP contribution in [0.2, 0.25) is 5.02 Å². The summed E-state index contributed by atoms with van der Waals surface area (Å²) < 4.78 is 1.66. The van der Waals surface area contributed by atoms with Crippen LogP contribution in [0.25, 0.3) is 11.0 Å². The third-order valence-corrected chi connectivity index (χ3v) is 4.45. The first-order valence-electron chi connectivity index (χ1n) is 8.04. The Labute approximate surface area is 150 Å². The van der Waals surface area contributed by atoms with Crippen LogP contribution in [0, 0.1) is 6.92 Å². The molecule has 0 unspecified atom stereocenters. The number of nitrogens with one attached hydrogen (secondary N) is 1. The third-order valence-electron chi connectivity index (χ3n) is 4.08. The zero-order chi connectivity index (χ0) is 18.0. The zero-order valence-corrected chi connectivity index (χ0v) is 14.8. The van der Waals surface area contributed by atoms with Crippen LogP contribution in [0.1, 0.15) is 28.5 Å². The Balaban J connectivity index is 1.89. The Morgan fingerprint density at radius 1 is 1.24 bits per heavy atom. The van der Waals surface area contributed by atoms with Gasteiger partial charge in [0.05, 0.1) is 11.0 Å². The van der Waals surface area contributed by atoms with Crippen molar-refractivity contribution < 1.29 is 4.79 Å². The average Bonchev–Trinajstić information content (AvgIpc) is 2.61. The SMILES string of the molecule is CCn1c(=O)c(C)nc2cc(C(=O)NCc3ccccc3Cl)ccc21. The van der Waals surface area contributed by atoms with E-state index in [-0.39, 0.29) is 11.5 Å². The van der Waals surface area contributed by atoms with Gasteiger partial charge in [-0.3, -0.25) is 9.59 Å². The fourth-order valence-electron chi connectivity index (χ4n) is 2.75. The summed E-state index contributed by atoms with van der Waals surface area (Å²) in [4.78, 5) is 28.9. The highest BCUT2D eigenvalue weighted by Crippen LogP contribution is 2.16. The van der Waals surface area contributed by atoms with Crippen LogP contribution in [0.4, 0.5) is 0 Å². The lowest BCUT2D eigenvalue weighted by Crippen LogP contribution is -2.25. The summed E-state index contributed by atoms with van der Waals surface area (Å²) in [6.07, 6.45) is 0. The summed E-state index contributed by atoms with van der Waals surface area (Å²) in [5, 5.41) is 3.47.